The number of nitrogens with zero attached hydrogens (tertiary/aromatic N) is 1. The highest BCUT2D eigenvalue weighted by Gasteiger charge is 2.16. The first kappa shape index (κ1) is 15.1. The molecule has 0 saturated carbocycles. The number of rotatable bonds is 4. The van der Waals surface area contributed by atoms with Gasteiger partial charge in [-0.25, -0.2) is 4.98 Å². The summed E-state index contributed by atoms with van der Waals surface area (Å²) in [4.78, 5) is 17.4. The smallest absolute Gasteiger partial charge is 0.234 e. The molecule has 1 rings (SSSR count). The molecule has 5 heteroatoms. The molecule has 0 fully saturated rings. The van der Waals surface area contributed by atoms with Crippen LogP contribution in [0, 0.1) is 13.8 Å². The highest BCUT2D eigenvalue weighted by atomic mass is 32.1. The van der Waals surface area contributed by atoms with Gasteiger partial charge in [-0.15, -0.1) is 11.3 Å². The molecule has 0 aromatic carbocycles. The van der Waals surface area contributed by atoms with E-state index in [1.807, 2.05) is 34.6 Å². The summed E-state index contributed by atoms with van der Waals surface area (Å²) in [6.45, 7) is 12.3. The van der Waals surface area contributed by atoms with Crippen molar-refractivity contribution >= 4 is 17.2 Å². The SMILES string of the molecule is Cc1nc(C(C)NCC(=O)NC(C)(C)C)c(C)s1. The molecular weight excluding hydrogens is 246 g/mol. The van der Waals surface area contributed by atoms with E-state index in [1.54, 1.807) is 11.3 Å². The van der Waals surface area contributed by atoms with E-state index in [1.165, 1.54) is 4.88 Å². The van der Waals surface area contributed by atoms with Crippen LogP contribution in [0.25, 0.3) is 0 Å². The van der Waals surface area contributed by atoms with Crippen molar-refractivity contribution in [2.24, 2.45) is 0 Å². The van der Waals surface area contributed by atoms with Gasteiger partial charge in [-0.05, 0) is 41.5 Å². The van der Waals surface area contributed by atoms with Crippen molar-refractivity contribution in [3.05, 3.63) is 15.6 Å². The fraction of sp³-hybridized carbons (Fsp3) is 0.692. The van der Waals surface area contributed by atoms with Crippen LogP contribution in [0.1, 0.15) is 49.3 Å². The first-order valence-electron chi connectivity index (χ1n) is 6.17. The van der Waals surface area contributed by atoms with Crippen LogP contribution < -0.4 is 10.6 Å². The number of amides is 1. The number of carbonyl (C=O) groups is 1. The van der Waals surface area contributed by atoms with Gasteiger partial charge in [0.15, 0.2) is 0 Å². The third kappa shape index (κ3) is 4.74. The number of aromatic nitrogens is 1. The molecule has 4 nitrogen and oxygen atoms in total. The van der Waals surface area contributed by atoms with Crippen LogP contribution in [-0.2, 0) is 4.79 Å². The van der Waals surface area contributed by atoms with Gasteiger partial charge < -0.3 is 10.6 Å². The summed E-state index contributed by atoms with van der Waals surface area (Å²) in [5.41, 5.74) is 0.857. The van der Waals surface area contributed by atoms with Gasteiger partial charge in [-0.1, -0.05) is 0 Å². The molecule has 1 heterocycles. The molecule has 0 spiro atoms. The van der Waals surface area contributed by atoms with E-state index >= 15 is 0 Å². The highest BCUT2D eigenvalue weighted by molar-refractivity contribution is 7.11. The molecule has 18 heavy (non-hydrogen) atoms. The van der Waals surface area contributed by atoms with Crippen molar-refractivity contribution < 1.29 is 4.79 Å². The third-order valence-electron chi connectivity index (χ3n) is 2.43. The van der Waals surface area contributed by atoms with Gasteiger partial charge in [0.05, 0.1) is 17.2 Å². The van der Waals surface area contributed by atoms with E-state index in [2.05, 4.69) is 22.5 Å². The lowest BCUT2D eigenvalue weighted by atomic mass is 10.1. The molecule has 1 atom stereocenters. The molecule has 1 aromatic heterocycles. The zero-order valence-corrected chi connectivity index (χ0v) is 12.9. The summed E-state index contributed by atoms with van der Waals surface area (Å²) < 4.78 is 0. The number of aryl methyl sites for hydroxylation is 2. The normalized spacial score (nSPS) is 13.4. The molecule has 0 bridgehead atoms. The predicted molar refractivity (Wildman–Crippen MR) is 75.9 cm³/mol. The van der Waals surface area contributed by atoms with Crippen LogP contribution in [0.15, 0.2) is 0 Å². The topological polar surface area (TPSA) is 54.0 Å². The minimum Gasteiger partial charge on any atom is -0.350 e. The summed E-state index contributed by atoms with van der Waals surface area (Å²) in [6.07, 6.45) is 0. The second-order valence-corrected chi connectivity index (χ2v) is 6.98. The maximum Gasteiger partial charge on any atom is 0.234 e. The average molecular weight is 269 g/mol. The monoisotopic (exact) mass is 269 g/mol. The number of hydrogen-bond acceptors (Lipinski definition) is 4. The summed E-state index contributed by atoms with van der Waals surface area (Å²) in [5.74, 6) is 0.0129. The van der Waals surface area contributed by atoms with E-state index < -0.39 is 0 Å². The van der Waals surface area contributed by atoms with Gasteiger partial charge in [-0.3, -0.25) is 4.79 Å². The maximum atomic E-state index is 11.7. The number of nitrogens with one attached hydrogen (secondary N) is 2. The van der Waals surface area contributed by atoms with Crippen LogP contribution >= 0.6 is 11.3 Å². The Morgan fingerprint density at radius 2 is 2.00 bits per heavy atom. The van der Waals surface area contributed by atoms with E-state index in [-0.39, 0.29) is 17.5 Å². The molecule has 0 aliphatic heterocycles. The van der Waals surface area contributed by atoms with Crippen molar-refractivity contribution in [2.75, 3.05) is 6.54 Å². The summed E-state index contributed by atoms with van der Waals surface area (Å²) >= 11 is 1.69. The highest BCUT2D eigenvalue weighted by Crippen LogP contribution is 2.22. The lowest BCUT2D eigenvalue weighted by Gasteiger charge is -2.21. The second-order valence-electron chi connectivity index (χ2n) is 5.58. The molecule has 0 saturated heterocycles. The van der Waals surface area contributed by atoms with E-state index in [0.717, 1.165) is 10.7 Å². The minimum atomic E-state index is -0.185. The Bertz CT molecular complexity index is 420. The van der Waals surface area contributed by atoms with Gasteiger partial charge in [0.2, 0.25) is 5.91 Å². The molecule has 0 radical (unpaired) electrons. The molecule has 102 valence electrons. The Balaban J connectivity index is 2.49. The van der Waals surface area contributed by atoms with Crippen molar-refractivity contribution in [3.63, 3.8) is 0 Å². The predicted octanol–water partition coefficient (Wildman–Crippen LogP) is 2.33. The van der Waals surface area contributed by atoms with Crippen molar-refractivity contribution in [1.29, 1.82) is 0 Å². The lowest BCUT2D eigenvalue weighted by molar-refractivity contribution is -0.121. The molecule has 1 amide bonds. The van der Waals surface area contributed by atoms with Crippen LogP contribution in [0.2, 0.25) is 0 Å². The second kappa shape index (κ2) is 5.80. The van der Waals surface area contributed by atoms with Gasteiger partial charge >= 0.3 is 0 Å². The van der Waals surface area contributed by atoms with Crippen molar-refractivity contribution in [2.45, 2.75) is 53.1 Å². The van der Waals surface area contributed by atoms with Gasteiger partial charge in [0.25, 0.3) is 0 Å². The fourth-order valence-electron chi connectivity index (χ4n) is 1.75. The zero-order chi connectivity index (χ0) is 13.9. The molecule has 2 N–H and O–H groups in total. The minimum absolute atomic E-state index is 0.0129. The first-order valence-corrected chi connectivity index (χ1v) is 6.99. The summed E-state index contributed by atoms with van der Waals surface area (Å²) in [6, 6.07) is 0.0978. The van der Waals surface area contributed by atoms with Crippen LogP contribution in [-0.4, -0.2) is 23.0 Å². The largest absolute Gasteiger partial charge is 0.350 e. The van der Waals surface area contributed by atoms with E-state index in [4.69, 9.17) is 0 Å². The molecule has 0 aliphatic rings. The van der Waals surface area contributed by atoms with E-state index in [9.17, 15) is 4.79 Å². The molecule has 1 unspecified atom stereocenters. The quantitative estimate of drug-likeness (QED) is 0.882. The first-order chi connectivity index (χ1) is 8.19. The van der Waals surface area contributed by atoms with Crippen LogP contribution in [0.5, 0.6) is 0 Å². The molecular formula is C13H23N3OS. The van der Waals surface area contributed by atoms with Gasteiger partial charge in [0.1, 0.15) is 0 Å². The Labute approximate surface area is 113 Å². The average Bonchev–Trinajstić information content (AvgIpc) is 2.52. The Hall–Kier alpha value is -0.940. The summed E-state index contributed by atoms with van der Waals surface area (Å²) in [5, 5.41) is 7.20. The third-order valence-corrected chi connectivity index (χ3v) is 3.33. The molecule has 1 aromatic rings. The number of hydrogen-bond donors (Lipinski definition) is 2. The van der Waals surface area contributed by atoms with E-state index in [0.29, 0.717) is 6.54 Å². The van der Waals surface area contributed by atoms with Crippen molar-refractivity contribution in [1.82, 2.24) is 15.6 Å². The Morgan fingerprint density at radius 1 is 1.39 bits per heavy atom. The Kier molecular flexibility index (Phi) is 4.87. The number of thiazole rings is 1. The lowest BCUT2D eigenvalue weighted by Crippen LogP contribution is -2.45. The Morgan fingerprint density at radius 3 is 2.44 bits per heavy atom. The van der Waals surface area contributed by atoms with Crippen LogP contribution in [0.4, 0.5) is 0 Å². The van der Waals surface area contributed by atoms with Crippen molar-refractivity contribution in [3.8, 4) is 0 Å². The number of carbonyl (C=O) groups excluding carboxylic acids is 1. The zero-order valence-electron chi connectivity index (χ0n) is 12.0. The maximum absolute atomic E-state index is 11.7. The molecule has 0 aliphatic carbocycles. The standard InChI is InChI=1S/C13H23N3OS/c1-8(12-9(2)18-10(3)15-12)14-7-11(17)16-13(4,5)6/h8,14H,7H2,1-6H3,(H,16,17). The summed E-state index contributed by atoms with van der Waals surface area (Å²) in [7, 11) is 0. The fourth-order valence-corrected chi connectivity index (χ4v) is 2.67. The van der Waals surface area contributed by atoms with Gasteiger partial charge in [0, 0.05) is 16.5 Å². The van der Waals surface area contributed by atoms with Crippen LogP contribution in [0.3, 0.4) is 0 Å². The van der Waals surface area contributed by atoms with Gasteiger partial charge in [-0.2, -0.15) is 0 Å².